The van der Waals surface area contributed by atoms with Crippen LogP contribution in [0.15, 0.2) is 18.3 Å². The molecule has 1 heterocycles. The zero-order valence-electron chi connectivity index (χ0n) is 11.6. The van der Waals surface area contributed by atoms with Gasteiger partial charge in [0.25, 0.3) is 5.91 Å². The Balaban J connectivity index is 2.89. The van der Waals surface area contributed by atoms with E-state index >= 15 is 0 Å². The van der Waals surface area contributed by atoms with E-state index in [4.69, 9.17) is 5.11 Å². The number of halogens is 3. The smallest absolute Gasteiger partial charge is 0.406 e. The molecule has 0 aliphatic rings. The van der Waals surface area contributed by atoms with Crippen molar-refractivity contribution in [1.82, 2.24) is 9.88 Å². The molecule has 2 atom stereocenters. The first-order valence-corrected chi connectivity index (χ1v) is 6.41. The normalized spacial score (nSPS) is 14.5. The molecular formula is C13H17F3N2O3. The Hall–Kier alpha value is -1.99. The molecule has 0 saturated carbocycles. The lowest BCUT2D eigenvalue weighted by Crippen LogP contribution is -2.45. The van der Waals surface area contributed by atoms with Crippen LogP contribution in [0.3, 0.4) is 0 Å². The Kier molecular flexibility index (Phi) is 5.40. The Morgan fingerprint density at radius 1 is 1.43 bits per heavy atom. The Labute approximate surface area is 119 Å². The fraction of sp³-hybridized carbons (Fsp3) is 0.538. The summed E-state index contributed by atoms with van der Waals surface area (Å²) in [6.07, 6.45) is -2.82. The predicted octanol–water partition coefficient (Wildman–Crippen LogP) is 2.28. The number of hydrogen-bond donors (Lipinski definition) is 2. The average Bonchev–Trinajstić information content (AvgIpc) is 2.80. The minimum absolute atomic E-state index is 0.220. The number of carboxylic acids is 1. The Morgan fingerprint density at radius 2 is 2.05 bits per heavy atom. The molecule has 0 saturated heterocycles. The monoisotopic (exact) mass is 306 g/mol. The molecule has 8 heteroatoms. The molecule has 118 valence electrons. The molecule has 1 aromatic heterocycles. The molecule has 5 nitrogen and oxygen atoms in total. The predicted molar refractivity (Wildman–Crippen MR) is 68.8 cm³/mol. The highest BCUT2D eigenvalue weighted by Crippen LogP contribution is 2.19. The van der Waals surface area contributed by atoms with Crippen LogP contribution in [0.25, 0.3) is 0 Å². The second kappa shape index (κ2) is 6.64. The number of aliphatic carboxylic acids is 1. The van der Waals surface area contributed by atoms with Crippen LogP contribution >= 0.6 is 0 Å². The lowest BCUT2D eigenvalue weighted by Gasteiger charge is -2.20. The van der Waals surface area contributed by atoms with Gasteiger partial charge in [0, 0.05) is 6.20 Å². The van der Waals surface area contributed by atoms with Gasteiger partial charge in [0.15, 0.2) is 0 Å². The van der Waals surface area contributed by atoms with Crippen LogP contribution in [0, 0.1) is 5.92 Å². The number of hydrogen-bond acceptors (Lipinski definition) is 2. The molecule has 1 amide bonds. The second-order valence-electron chi connectivity index (χ2n) is 4.81. The Morgan fingerprint density at radius 3 is 2.52 bits per heavy atom. The van der Waals surface area contributed by atoms with Crippen molar-refractivity contribution < 1.29 is 27.9 Å². The van der Waals surface area contributed by atoms with Gasteiger partial charge in [-0.3, -0.25) is 4.79 Å². The summed E-state index contributed by atoms with van der Waals surface area (Å²) in [4.78, 5) is 23.1. The van der Waals surface area contributed by atoms with E-state index in [0.29, 0.717) is 6.42 Å². The van der Waals surface area contributed by atoms with Gasteiger partial charge in [-0.2, -0.15) is 13.2 Å². The number of carbonyl (C=O) groups excluding carboxylic acids is 1. The van der Waals surface area contributed by atoms with Crippen molar-refractivity contribution in [3.8, 4) is 0 Å². The molecule has 0 spiro atoms. The van der Waals surface area contributed by atoms with Crippen molar-refractivity contribution in [2.24, 2.45) is 5.92 Å². The molecular weight excluding hydrogens is 289 g/mol. The first-order chi connectivity index (χ1) is 9.65. The highest BCUT2D eigenvalue weighted by Gasteiger charge is 2.31. The summed E-state index contributed by atoms with van der Waals surface area (Å²) in [5.41, 5.74) is -0.220. The van der Waals surface area contributed by atoms with Gasteiger partial charge in [-0.05, 0) is 18.1 Å². The van der Waals surface area contributed by atoms with Crippen LogP contribution in [0.2, 0.25) is 0 Å². The first kappa shape index (κ1) is 17.1. The van der Waals surface area contributed by atoms with Crippen LogP contribution in [0.1, 0.15) is 30.8 Å². The Bertz CT molecular complexity index is 511. The van der Waals surface area contributed by atoms with Gasteiger partial charge < -0.3 is 15.0 Å². The zero-order chi connectivity index (χ0) is 16.2. The molecule has 2 N–H and O–H groups in total. The van der Waals surface area contributed by atoms with Crippen molar-refractivity contribution in [3.05, 3.63) is 24.0 Å². The highest BCUT2D eigenvalue weighted by molar-refractivity contribution is 5.95. The summed E-state index contributed by atoms with van der Waals surface area (Å²) in [5, 5.41) is 11.3. The van der Waals surface area contributed by atoms with Crippen molar-refractivity contribution in [2.45, 2.75) is 39.0 Å². The van der Waals surface area contributed by atoms with Crippen LogP contribution in [-0.2, 0) is 11.3 Å². The number of nitrogens with zero attached hydrogens (tertiary/aromatic N) is 1. The van der Waals surface area contributed by atoms with Crippen LogP contribution in [0.4, 0.5) is 13.2 Å². The van der Waals surface area contributed by atoms with E-state index in [1.807, 2.05) is 0 Å². The lowest BCUT2D eigenvalue weighted by molar-refractivity contribution is -0.142. The maximum atomic E-state index is 12.4. The van der Waals surface area contributed by atoms with E-state index in [-0.39, 0.29) is 11.6 Å². The SMILES string of the molecule is CC[C@H](C)[C@H](NC(=O)c1cccn1CC(F)(F)F)C(=O)O. The van der Waals surface area contributed by atoms with E-state index in [1.54, 1.807) is 13.8 Å². The summed E-state index contributed by atoms with van der Waals surface area (Å²) in [5.74, 6) is -2.39. The standard InChI is InChI=1S/C13H17F3N2O3/c1-3-8(2)10(12(20)21)17-11(19)9-5-4-6-18(9)7-13(14,15)16/h4-6,8,10H,3,7H2,1-2H3,(H,17,19)(H,20,21)/t8-,10-/m0/s1. The molecule has 0 aliphatic carbocycles. The van der Waals surface area contributed by atoms with E-state index in [9.17, 15) is 22.8 Å². The third-order valence-corrected chi connectivity index (χ3v) is 3.18. The quantitative estimate of drug-likeness (QED) is 0.847. The van der Waals surface area contributed by atoms with E-state index in [2.05, 4.69) is 5.32 Å². The number of aromatic nitrogens is 1. The van der Waals surface area contributed by atoms with Crippen molar-refractivity contribution in [2.75, 3.05) is 0 Å². The largest absolute Gasteiger partial charge is 0.480 e. The molecule has 0 aromatic carbocycles. The molecule has 1 aromatic rings. The van der Waals surface area contributed by atoms with Gasteiger partial charge in [0.05, 0.1) is 0 Å². The van der Waals surface area contributed by atoms with Crippen molar-refractivity contribution in [3.63, 3.8) is 0 Å². The topological polar surface area (TPSA) is 71.3 Å². The summed E-state index contributed by atoms with van der Waals surface area (Å²) in [6.45, 7) is 2.11. The third kappa shape index (κ3) is 4.80. The number of carbonyl (C=O) groups is 2. The fourth-order valence-electron chi connectivity index (χ4n) is 1.85. The fourth-order valence-corrected chi connectivity index (χ4v) is 1.85. The summed E-state index contributed by atoms with van der Waals surface area (Å²) in [6, 6.07) is 1.38. The van der Waals surface area contributed by atoms with E-state index in [0.717, 1.165) is 10.8 Å². The maximum Gasteiger partial charge on any atom is 0.406 e. The third-order valence-electron chi connectivity index (χ3n) is 3.18. The molecule has 0 unspecified atom stereocenters. The van der Waals surface area contributed by atoms with Gasteiger partial charge in [-0.1, -0.05) is 20.3 Å². The van der Waals surface area contributed by atoms with Crippen LogP contribution in [-0.4, -0.2) is 33.8 Å². The van der Waals surface area contributed by atoms with Crippen LogP contribution < -0.4 is 5.32 Å². The molecule has 1 rings (SSSR count). The van der Waals surface area contributed by atoms with Crippen molar-refractivity contribution in [1.29, 1.82) is 0 Å². The maximum absolute atomic E-state index is 12.4. The first-order valence-electron chi connectivity index (χ1n) is 6.41. The van der Waals surface area contributed by atoms with E-state index < -0.39 is 30.6 Å². The number of carboxylic acid groups (broad SMARTS) is 1. The summed E-state index contributed by atoms with van der Waals surface area (Å²) < 4.78 is 37.9. The molecule has 0 fully saturated rings. The minimum atomic E-state index is -4.46. The molecule has 0 radical (unpaired) electrons. The van der Waals surface area contributed by atoms with Crippen LogP contribution in [0.5, 0.6) is 0 Å². The molecule has 0 aliphatic heterocycles. The van der Waals surface area contributed by atoms with Gasteiger partial charge in [-0.15, -0.1) is 0 Å². The minimum Gasteiger partial charge on any atom is -0.480 e. The summed E-state index contributed by atoms with van der Waals surface area (Å²) >= 11 is 0. The van der Waals surface area contributed by atoms with Gasteiger partial charge in [0.2, 0.25) is 0 Å². The lowest BCUT2D eigenvalue weighted by atomic mass is 9.99. The summed E-state index contributed by atoms with van der Waals surface area (Å²) in [7, 11) is 0. The van der Waals surface area contributed by atoms with Gasteiger partial charge in [-0.25, -0.2) is 4.79 Å². The zero-order valence-corrected chi connectivity index (χ0v) is 11.6. The molecule has 0 bridgehead atoms. The highest BCUT2D eigenvalue weighted by atomic mass is 19.4. The number of alkyl halides is 3. The second-order valence-corrected chi connectivity index (χ2v) is 4.81. The number of amides is 1. The van der Waals surface area contributed by atoms with E-state index in [1.165, 1.54) is 12.1 Å². The van der Waals surface area contributed by atoms with Gasteiger partial charge >= 0.3 is 12.1 Å². The molecule has 21 heavy (non-hydrogen) atoms. The van der Waals surface area contributed by atoms with Gasteiger partial charge in [0.1, 0.15) is 18.3 Å². The average molecular weight is 306 g/mol. The van der Waals surface area contributed by atoms with Crippen molar-refractivity contribution >= 4 is 11.9 Å². The number of nitrogens with one attached hydrogen (secondary N) is 1. The number of rotatable bonds is 6.